The van der Waals surface area contributed by atoms with Crippen molar-refractivity contribution < 1.29 is 0 Å². The first-order valence-electron chi connectivity index (χ1n) is 5.00. The predicted octanol–water partition coefficient (Wildman–Crippen LogP) is 1.04. The first-order chi connectivity index (χ1) is 7.19. The van der Waals surface area contributed by atoms with E-state index >= 15 is 0 Å². The average Bonchev–Trinajstić information content (AvgIpc) is 2.76. The first-order valence-corrected chi connectivity index (χ1v) is 5.00. The summed E-state index contributed by atoms with van der Waals surface area (Å²) >= 11 is 0. The van der Waals surface area contributed by atoms with Gasteiger partial charge in [-0.15, -0.1) is 0 Å². The van der Waals surface area contributed by atoms with Gasteiger partial charge >= 0.3 is 0 Å². The Labute approximate surface area is 88.5 Å². The number of nitrogen functional groups attached to an aromatic ring is 1. The highest BCUT2D eigenvalue weighted by atomic mass is 15.3. The van der Waals surface area contributed by atoms with E-state index in [9.17, 15) is 0 Å². The Hall–Kier alpha value is -1.78. The average molecular weight is 205 g/mol. The maximum Gasteiger partial charge on any atom is 0.148 e. The maximum atomic E-state index is 5.67. The molecule has 0 aliphatic carbocycles. The molecule has 2 aromatic rings. The summed E-state index contributed by atoms with van der Waals surface area (Å²) in [6, 6.07) is 0. The quantitative estimate of drug-likeness (QED) is 0.814. The summed E-state index contributed by atoms with van der Waals surface area (Å²) in [6.45, 7) is 5.62. The second-order valence-electron chi connectivity index (χ2n) is 3.60. The lowest BCUT2D eigenvalue weighted by atomic mass is 10.3. The van der Waals surface area contributed by atoms with Crippen LogP contribution in [0.5, 0.6) is 0 Å². The highest BCUT2D eigenvalue weighted by Gasteiger charge is 2.03. The zero-order valence-corrected chi connectivity index (χ0v) is 9.01. The second-order valence-corrected chi connectivity index (χ2v) is 3.60. The van der Waals surface area contributed by atoms with Gasteiger partial charge in [-0.25, -0.2) is 0 Å². The smallest absolute Gasteiger partial charge is 0.148 e. The van der Waals surface area contributed by atoms with Crippen molar-refractivity contribution in [2.75, 3.05) is 5.73 Å². The minimum atomic E-state index is 0.595. The molecule has 0 unspecified atom stereocenters. The number of aromatic nitrogens is 4. The van der Waals surface area contributed by atoms with Crippen LogP contribution in [0.2, 0.25) is 0 Å². The molecule has 0 aliphatic heterocycles. The third-order valence-electron chi connectivity index (χ3n) is 2.34. The Morgan fingerprint density at radius 1 is 1.33 bits per heavy atom. The van der Waals surface area contributed by atoms with Gasteiger partial charge in [-0.1, -0.05) is 0 Å². The fraction of sp³-hybridized carbons (Fsp3) is 0.400. The van der Waals surface area contributed by atoms with Gasteiger partial charge in [0, 0.05) is 30.1 Å². The molecule has 0 aromatic carbocycles. The number of nitrogens with zero attached hydrogens (tertiary/aromatic N) is 4. The minimum Gasteiger partial charge on any atom is -0.382 e. The van der Waals surface area contributed by atoms with Gasteiger partial charge in [0.25, 0.3) is 0 Å². The molecule has 0 fully saturated rings. The van der Waals surface area contributed by atoms with E-state index in [2.05, 4.69) is 17.1 Å². The molecule has 2 N–H and O–H groups in total. The molecule has 0 spiro atoms. The summed E-state index contributed by atoms with van der Waals surface area (Å²) in [7, 11) is 0. The zero-order valence-electron chi connectivity index (χ0n) is 9.01. The van der Waals surface area contributed by atoms with Gasteiger partial charge in [0.2, 0.25) is 0 Å². The number of anilines is 1. The van der Waals surface area contributed by atoms with Gasteiger partial charge in [0.15, 0.2) is 0 Å². The van der Waals surface area contributed by atoms with Crippen molar-refractivity contribution in [1.82, 2.24) is 19.6 Å². The van der Waals surface area contributed by atoms with Crippen LogP contribution in [0.25, 0.3) is 0 Å². The molecular weight excluding hydrogens is 190 g/mol. The fourth-order valence-electron chi connectivity index (χ4n) is 1.46. The van der Waals surface area contributed by atoms with Crippen molar-refractivity contribution in [3.05, 3.63) is 29.7 Å². The molecule has 2 aromatic heterocycles. The van der Waals surface area contributed by atoms with Crippen LogP contribution in [0, 0.1) is 6.92 Å². The topological polar surface area (TPSA) is 61.7 Å². The molecule has 0 atom stereocenters. The largest absolute Gasteiger partial charge is 0.382 e. The Bertz CT molecular complexity index is 435. The maximum absolute atomic E-state index is 5.67. The normalized spacial score (nSPS) is 10.8. The monoisotopic (exact) mass is 205 g/mol. The molecule has 2 heterocycles. The Morgan fingerprint density at radius 2 is 2.13 bits per heavy atom. The standard InChI is InChI=1S/C10H15N5/c1-3-14-6-9(4-12-14)7-15-5-8(2)10(11)13-15/h4-6H,3,7H2,1-2H3,(H2,11,13). The van der Waals surface area contributed by atoms with E-state index < -0.39 is 0 Å². The summed E-state index contributed by atoms with van der Waals surface area (Å²) in [6.07, 6.45) is 5.82. The summed E-state index contributed by atoms with van der Waals surface area (Å²) in [5.41, 5.74) is 7.82. The molecule has 0 radical (unpaired) electrons. The van der Waals surface area contributed by atoms with Crippen LogP contribution in [-0.4, -0.2) is 19.6 Å². The molecule has 5 nitrogen and oxygen atoms in total. The van der Waals surface area contributed by atoms with E-state index in [0.717, 1.165) is 24.2 Å². The third-order valence-corrected chi connectivity index (χ3v) is 2.34. The number of aryl methyl sites for hydroxylation is 2. The molecule has 0 amide bonds. The van der Waals surface area contributed by atoms with E-state index in [1.54, 1.807) is 0 Å². The molecular formula is C10H15N5. The van der Waals surface area contributed by atoms with Gasteiger partial charge < -0.3 is 5.73 Å². The van der Waals surface area contributed by atoms with Crippen molar-refractivity contribution in [1.29, 1.82) is 0 Å². The first kappa shape index (κ1) is 9.76. The summed E-state index contributed by atoms with van der Waals surface area (Å²) < 4.78 is 3.73. The van der Waals surface area contributed by atoms with Gasteiger partial charge in [0.05, 0.1) is 12.7 Å². The Balaban J connectivity index is 2.14. The van der Waals surface area contributed by atoms with E-state index in [1.807, 2.05) is 34.9 Å². The highest BCUT2D eigenvalue weighted by molar-refractivity contribution is 5.35. The van der Waals surface area contributed by atoms with Gasteiger partial charge in [0.1, 0.15) is 5.82 Å². The van der Waals surface area contributed by atoms with E-state index in [1.165, 1.54) is 0 Å². The predicted molar refractivity (Wildman–Crippen MR) is 58.4 cm³/mol. The molecule has 80 valence electrons. The molecule has 0 bridgehead atoms. The Morgan fingerprint density at radius 3 is 2.67 bits per heavy atom. The number of hydrogen-bond donors (Lipinski definition) is 1. The van der Waals surface area contributed by atoms with Crippen LogP contribution in [0.1, 0.15) is 18.1 Å². The molecule has 0 aliphatic rings. The Kier molecular flexibility index (Phi) is 2.45. The van der Waals surface area contributed by atoms with Gasteiger partial charge in [-0.2, -0.15) is 10.2 Å². The highest BCUT2D eigenvalue weighted by Crippen LogP contribution is 2.08. The van der Waals surface area contributed by atoms with Crippen LogP contribution in [-0.2, 0) is 13.1 Å². The van der Waals surface area contributed by atoms with Crippen LogP contribution in [0.3, 0.4) is 0 Å². The summed E-state index contributed by atoms with van der Waals surface area (Å²) in [5, 5.41) is 8.40. The molecule has 0 saturated carbocycles. The minimum absolute atomic E-state index is 0.595. The summed E-state index contributed by atoms with van der Waals surface area (Å²) in [5.74, 6) is 0.595. The number of rotatable bonds is 3. The van der Waals surface area contributed by atoms with Crippen molar-refractivity contribution in [2.45, 2.75) is 26.9 Å². The molecule has 5 heteroatoms. The van der Waals surface area contributed by atoms with E-state index in [-0.39, 0.29) is 0 Å². The lowest BCUT2D eigenvalue weighted by Gasteiger charge is -1.96. The molecule has 15 heavy (non-hydrogen) atoms. The lowest BCUT2D eigenvalue weighted by Crippen LogP contribution is -2.00. The van der Waals surface area contributed by atoms with Crippen molar-refractivity contribution in [3.8, 4) is 0 Å². The number of nitrogens with two attached hydrogens (primary N) is 1. The number of hydrogen-bond acceptors (Lipinski definition) is 3. The summed E-state index contributed by atoms with van der Waals surface area (Å²) in [4.78, 5) is 0. The van der Waals surface area contributed by atoms with Crippen LogP contribution >= 0.6 is 0 Å². The van der Waals surface area contributed by atoms with Crippen molar-refractivity contribution in [2.24, 2.45) is 0 Å². The van der Waals surface area contributed by atoms with Crippen LogP contribution < -0.4 is 5.73 Å². The van der Waals surface area contributed by atoms with Gasteiger partial charge in [-0.3, -0.25) is 9.36 Å². The van der Waals surface area contributed by atoms with E-state index in [0.29, 0.717) is 5.82 Å². The zero-order chi connectivity index (χ0) is 10.8. The lowest BCUT2D eigenvalue weighted by molar-refractivity contribution is 0.655. The van der Waals surface area contributed by atoms with E-state index in [4.69, 9.17) is 5.73 Å². The van der Waals surface area contributed by atoms with Crippen LogP contribution in [0.15, 0.2) is 18.6 Å². The second kappa shape index (κ2) is 3.76. The van der Waals surface area contributed by atoms with Crippen molar-refractivity contribution >= 4 is 5.82 Å². The third kappa shape index (κ3) is 2.01. The SMILES string of the molecule is CCn1cc(Cn2cc(C)c(N)n2)cn1. The molecule has 0 saturated heterocycles. The van der Waals surface area contributed by atoms with Crippen LogP contribution in [0.4, 0.5) is 5.82 Å². The van der Waals surface area contributed by atoms with Gasteiger partial charge in [-0.05, 0) is 13.8 Å². The molecule has 2 rings (SSSR count). The fourth-order valence-corrected chi connectivity index (χ4v) is 1.46. The van der Waals surface area contributed by atoms with Crippen molar-refractivity contribution in [3.63, 3.8) is 0 Å².